The van der Waals surface area contributed by atoms with Crippen molar-refractivity contribution >= 4 is 0 Å². The molecule has 2 aliphatic heterocycles. The van der Waals surface area contributed by atoms with E-state index < -0.39 is 0 Å². The summed E-state index contributed by atoms with van der Waals surface area (Å²) >= 11 is 0. The zero-order valence-corrected chi connectivity index (χ0v) is 11.8. The SMILES string of the molecule is COc1ccccc1CO[C@H]1C[C@H]2CC[C@@H](C1)N2C. The average Bonchev–Trinajstić information content (AvgIpc) is 2.67. The monoisotopic (exact) mass is 261 g/mol. The molecule has 0 radical (unpaired) electrons. The Balaban J connectivity index is 1.58. The van der Waals surface area contributed by atoms with Crippen LogP contribution in [0.25, 0.3) is 0 Å². The maximum atomic E-state index is 6.13. The maximum Gasteiger partial charge on any atom is 0.124 e. The number of ether oxygens (including phenoxy) is 2. The van der Waals surface area contributed by atoms with Gasteiger partial charge in [-0.3, -0.25) is 0 Å². The molecule has 2 bridgehead atoms. The molecule has 0 saturated carbocycles. The van der Waals surface area contributed by atoms with Gasteiger partial charge in [-0.15, -0.1) is 0 Å². The van der Waals surface area contributed by atoms with Gasteiger partial charge in [0.2, 0.25) is 0 Å². The lowest BCUT2D eigenvalue weighted by Crippen LogP contribution is -2.42. The number of benzene rings is 1. The fraction of sp³-hybridized carbons (Fsp3) is 0.625. The van der Waals surface area contributed by atoms with Crippen molar-refractivity contribution in [1.29, 1.82) is 0 Å². The number of fused-ring (bicyclic) bond motifs is 2. The van der Waals surface area contributed by atoms with E-state index in [0.717, 1.165) is 23.4 Å². The summed E-state index contributed by atoms with van der Waals surface area (Å²) in [6.45, 7) is 0.665. The van der Waals surface area contributed by atoms with Gasteiger partial charge in [0.05, 0.1) is 19.8 Å². The summed E-state index contributed by atoms with van der Waals surface area (Å²) in [5.74, 6) is 0.929. The van der Waals surface area contributed by atoms with Crippen LogP contribution < -0.4 is 4.74 Å². The second-order valence-corrected chi connectivity index (χ2v) is 5.77. The highest BCUT2D eigenvalue weighted by molar-refractivity contribution is 5.32. The summed E-state index contributed by atoms with van der Waals surface area (Å²) in [6, 6.07) is 9.60. The highest BCUT2D eigenvalue weighted by Gasteiger charge is 2.38. The third-order valence-corrected chi connectivity index (χ3v) is 4.72. The van der Waals surface area contributed by atoms with Crippen molar-refractivity contribution in [3.63, 3.8) is 0 Å². The Hall–Kier alpha value is -1.06. The van der Waals surface area contributed by atoms with Crippen LogP contribution in [0.5, 0.6) is 5.75 Å². The van der Waals surface area contributed by atoms with E-state index in [0.29, 0.717) is 12.7 Å². The molecule has 2 saturated heterocycles. The van der Waals surface area contributed by atoms with Crippen LogP contribution in [0.15, 0.2) is 24.3 Å². The summed E-state index contributed by atoms with van der Waals surface area (Å²) in [4.78, 5) is 2.54. The van der Waals surface area contributed by atoms with E-state index in [1.54, 1.807) is 7.11 Å². The van der Waals surface area contributed by atoms with Gasteiger partial charge in [-0.2, -0.15) is 0 Å². The van der Waals surface area contributed by atoms with Crippen LogP contribution in [0.3, 0.4) is 0 Å². The molecule has 1 aromatic rings. The first kappa shape index (κ1) is 12.9. The zero-order valence-electron chi connectivity index (χ0n) is 11.8. The average molecular weight is 261 g/mol. The van der Waals surface area contributed by atoms with Crippen LogP contribution in [0.2, 0.25) is 0 Å². The van der Waals surface area contributed by atoms with Crippen molar-refractivity contribution in [3.8, 4) is 5.75 Å². The molecule has 1 aromatic carbocycles. The van der Waals surface area contributed by atoms with E-state index >= 15 is 0 Å². The van der Waals surface area contributed by atoms with Crippen molar-refractivity contribution < 1.29 is 9.47 Å². The number of rotatable bonds is 4. The number of methoxy groups -OCH3 is 1. The van der Waals surface area contributed by atoms with E-state index in [1.165, 1.54) is 25.7 Å². The standard InChI is InChI=1S/C16H23NO2/c1-17-13-7-8-14(17)10-15(9-13)19-11-12-5-3-4-6-16(12)18-2/h3-6,13-15H,7-11H2,1-2H3/t13-,14+,15+. The largest absolute Gasteiger partial charge is 0.496 e. The number of piperidine rings is 1. The number of hydrogen-bond donors (Lipinski definition) is 0. The fourth-order valence-corrected chi connectivity index (χ4v) is 3.53. The molecule has 2 heterocycles. The van der Waals surface area contributed by atoms with Crippen molar-refractivity contribution in [2.24, 2.45) is 0 Å². The number of para-hydroxylation sites is 1. The van der Waals surface area contributed by atoms with Gasteiger partial charge in [0.1, 0.15) is 5.75 Å². The minimum Gasteiger partial charge on any atom is -0.496 e. The lowest BCUT2D eigenvalue weighted by Gasteiger charge is -2.36. The molecular formula is C16H23NO2. The topological polar surface area (TPSA) is 21.7 Å². The lowest BCUT2D eigenvalue weighted by molar-refractivity contribution is -0.0216. The third kappa shape index (κ3) is 2.63. The Morgan fingerprint density at radius 2 is 1.84 bits per heavy atom. The van der Waals surface area contributed by atoms with E-state index in [9.17, 15) is 0 Å². The highest BCUT2D eigenvalue weighted by Crippen LogP contribution is 2.36. The third-order valence-electron chi connectivity index (χ3n) is 4.72. The number of hydrogen-bond acceptors (Lipinski definition) is 3. The molecule has 2 fully saturated rings. The smallest absolute Gasteiger partial charge is 0.124 e. The van der Waals surface area contributed by atoms with E-state index in [-0.39, 0.29) is 0 Å². The Labute approximate surface area is 115 Å². The van der Waals surface area contributed by atoms with Gasteiger partial charge in [0.15, 0.2) is 0 Å². The van der Waals surface area contributed by atoms with E-state index in [4.69, 9.17) is 9.47 Å². The molecule has 3 atom stereocenters. The molecule has 0 spiro atoms. The molecule has 0 amide bonds. The minimum atomic E-state index is 0.415. The van der Waals surface area contributed by atoms with E-state index in [2.05, 4.69) is 18.0 Å². The number of nitrogens with zero attached hydrogens (tertiary/aromatic N) is 1. The van der Waals surface area contributed by atoms with Crippen LogP contribution in [0.4, 0.5) is 0 Å². The molecule has 3 heteroatoms. The molecule has 3 nitrogen and oxygen atoms in total. The molecule has 0 aromatic heterocycles. The van der Waals surface area contributed by atoms with Gasteiger partial charge in [-0.25, -0.2) is 0 Å². The summed E-state index contributed by atoms with van der Waals surface area (Å²) in [6.07, 6.45) is 5.47. The predicted molar refractivity (Wildman–Crippen MR) is 75.4 cm³/mol. The molecule has 0 unspecified atom stereocenters. The van der Waals surface area contributed by atoms with Gasteiger partial charge >= 0.3 is 0 Å². The summed E-state index contributed by atoms with van der Waals surface area (Å²) in [7, 11) is 3.98. The van der Waals surface area contributed by atoms with Gasteiger partial charge < -0.3 is 14.4 Å². The van der Waals surface area contributed by atoms with Crippen molar-refractivity contribution in [3.05, 3.63) is 29.8 Å². The van der Waals surface area contributed by atoms with Crippen molar-refractivity contribution in [1.82, 2.24) is 4.90 Å². The highest BCUT2D eigenvalue weighted by atomic mass is 16.5. The first-order valence-corrected chi connectivity index (χ1v) is 7.23. The molecule has 0 N–H and O–H groups in total. The van der Waals surface area contributed by atoms with Crippen LogP contribution in [-0.2, 0) is 11.3 Å². The van der Waals surface area contributed by atoms with Crippen molar-refractivity contribution in [2.45, 2.75) is 50.5 Å². The zero-order chi connectivity index (χ0) is 13.2. The summed E-state index contributed by atoms with van der Waals surface area (Å²) in [5.41, 5.74) is 1.15. The molecule has 2 aliphatic rings. The van der Waals surface area contributed by atoms with E-state index in [1.807, 2.05) is 18.2 Å². The lowest BCUT2D eigenvalue weighted by atomic mass is 10.0. The predicted octanol–water partition coefficient (Wildman–Crippen LogP) is 2.84. The van der Waals surface area contributed by atoms with Crippen molar-refractivity contribution in [2.75, 3.05) is 14.2 Å². The van der Waals surface area contributed by atoms with Crippen LogP contribution in [0.1, 0.15) is 31.2 Å². The Kier molecular flexibility index (Phi) is 3.76. The summed E-state index contributed by atoms with van der Waals surface area (Å²) in [5, 5.41) is 0. The Morgan fingerprint density at radius 3 is 2.53 bits per heavy atom. The Bertz CT molecular complexity index is 421. The van der Waals surface area contributed by atoms with Gasteiger partial charge in [-0.05, 0) is 38.8 Å². The van der Waals surface area contributed by atoms with Gasteiger partial charge in [-0.1, -0.05) is 18.2 Å². The first-order valence-electron chi connectivity index (χ1n) is 7.23. The maximum absolute atomic E-state index is 6.13. The molecule has 19 heavy (non-hydrogen) atoms. The molecule has 0 aliphatic carbocycles. The first-order chi connectivity index (χ1) is 9.28. The Morgan fingerprint density at radius 1 is 1.16 bits per heavy atom. The second-order valence-electron chi connectivity index (χ2n) is 5.77. The summed E-state index contributed by atoms with van der Waals surface area (Å²) < 4.78 is 11.5. The fourth-order valence-electron chi connectivity index (χ4n) is 3.53. The van der Waals surface area contributed by atoms with Crippen LogP contribution in [0, 0.1) is 0 Å². The molecule has 3 rings (SSSR count). The van der Waals surface area contributed by atoms with Gasteiger partial charge in [0, 0.05) is 17.6 Å². The quantitative estimate of drug-likeness (QED) is 0.832. The van der Waals surface area contributed by atoms with Crippen LogP contribution >= 0.6 is 0 Å². The van der Waals surface area contributed by atoms with Crippen LogP contribution in [-0.4, -0.2) is 37.2 Å². The normalized spacial score (nSPS) is 30.5. The second kappa shape index (κ2) is 5.51. The molecule has 104 valence electrons. The molecular weight excluding hydrogens is 238 g/mol. The minimum absolute atomic E-state index is 0.415. The van der Waals surface area contributed by atoms with Gasteiger partial charge in [0.25, 0.3) is 0 Å².